The Labute approximate surface area is 181 Å². The highest BCUT2D eigenvalue weighted by Crippen LogP contribution is 2.12. The van der Waals surface area contributed by atoms with Gasteiger partial charge in [-0.25, -0.2) is 4.79 Å². The summed E-state index contributed by atoms with van der Waals surface area (Å²) in [6.45, 7) is 1.86. The summed E-state index contributed by atoms with van der Waals surface area (Å²) >= 11 is 0. The Hall–Kier alpha value is -3.57. The lowest BCUT2D eigenvalue weighted by molar-refractivity contribution is -0.123. The molecule has 3 amide bonds. The number of amides is 3. The Morgan fingerprint density at radius 3 is 2.29 bits per heavy atom. The predicted octanol–water partition coefficient (Wildman–Crippen LogP) is 1.60. The number of ether oxygens (including phenoxy) is 1. The van der Waals surface area contributed by atoms with Gasteiger partial charge in [-0.2, -0.15) is 5.26 Å². The molecular weight excluding hydrogens is 396 g/mol. The Morgan fingerprint density at radius 2 is 1.65 bits per heavy atom. The average Bonchev–Trinajstić information content (AvgIpc) is 2.80. The van der Waals surface area contributed by atoms with Crippen molar-refractivity contribution in [3.8, 4) is 11.8 Å². The second-order valence-corrected chi connectivity index (χ2v) is 7.35. The first-order chi connectivity index (χ1) is 15.0. The van der Waals surface area contributed by atoms with Crippen LogP contribution < -0.4 is 10.6 Å². The molecule has 2 aromatic carbocycles. The fraction of sp³-hybridized carbons (Fsp3) is 0.348. The molecule has 0 radical (unpaired) electrons. The van der Waals surface area contributed by atoms with Gasteiger partial charge in [0.2, 0.25) is 5.91 Å². The molecule has 2 atom stereocenters. The number of carbonyl (C=O) groups is 2. The lowest BCUT2D eigenvalue weighted by atomic mass is 10.0. The third kappa shape index (κ3) is 6.73. The van der Waals surface area contributed by atoms with Crippen molar-refractivity contribution in [1.29, 1.82) is 5.26 Å². The van der Waals surface area contributed by atoms with Crippen LogP contribution in [0.25, 0.3) is 0 Å². The highest BCUT2D eigenvalue weighted by Gasteiger charge is 2.26. The van der Waals surface area contributed by atoms with Crippen molar-refractivity contribution >= 4 is 11.9 Å². The second-order valence-electron chi connectivity index (χ2n) is 7.35. The van der Waals surface area contributed by atoms with E-state index in [9.17, 15) is 20.0 Å². The van der Waals surface area contributed by atoms with E-state index in [1.165, 1.54) is 12.1 Å². The number of phenolic OH excluding ortho intramolecular Hbond substituents is 1. The number of morpholine rings is 1. The summed E-state index contributed by atoms with van der Waals surface area (Å²) in [5.74, 6) is -0.286. The van der Waals surface area contributed by atoms with Crippen LogP contribution in [0.1, 0.15) is 11.1 Å². The molecule has 0 saturated carbocycles. The number of urea groups is 1. The van der Waals surface area contributed by atoms with Gasteiger partial charge in [-0.1, -0.05) is 42.5 Å². The Kier molecular flexibility index (Phi) is 7.85. The highest BCUT2D eigenvalue weighted by molar-refractivity contribution is 5.87. The van der Waals surface area contributed by atoms with Crippen LogP contribution in [0, 0.1) is 11.3 Å². The van der Waals surface area contributed by atoms with E-state index in [4.69, 9.17) is 4.74 Å². The van der Waals surface area contributed by atoms with E-state index in [1.54, 1.807) is 17.0 Å². The van der Waals surface area contributed by atoms with Crippen LogP contribution in [-0.4, -0.2) is 60.3 Å². The predicted molar refractivity (Wildman–Crippen MR) is 114 cm³/mol. The standard InChI is InChI=1S/C23H26N4O4/c24-16-19(14-18-6-8-20(28)9-7-18)25-22(29)21(15-17-4-2-1-3-5-17)26-23(30)27-10-12-31-13-11-27/h1-9,19,21,28H,10-15H2,(H,25,29)(H,26,30)/t19-,21-/m0/s1. The number of nitriles is 1. The molecular formula is C23H26N4O4. The summed E-state index contributed by atoms with van der Waals surface area (Å²) in [5, 5.41) is 24.5. The number of nitrogens with zero attached hydrogens (tertiary/aromatic N) is 2. The average molecular weight is 422 g/mol. The number of aromatic hydroxyl groups is 1. The van der Waals surface area contributed by atoms with Gasteiger partial charge in [0.1, 0.15) is 17.8 Å². The molecule has 0 spiro atoms. The van der Waals surface area contributed by atoms with Gasteiger partial charge in [-0.3, -0.25) is 4.79 Å². The maximum Gasteiger partial charge on any atom is 0.318 e. The SMILES string of the molecule is N#C[C@H](Cc1ccc(O)cc1)NC(=O)[C@H](Cc1ccccc1)NC(=O)N1CCOCC1. The van der Waals surface area contributed by atoms with Crippen molar-refractivity contribution in [2.24, 2.45) is 0 Å². The molecule has 1 fully saturated rings. The lowest BCUT2D eigenvalue weighted by Gasteiger charge is -2.29. The summed E-state index contributed by atoms with van der Waals surface area (Å²) in [5.41, 5.74) is 1.71. The molecule has 2 aromatic rings. The summed E-state index contributed by atoms with van der Waals surface area (Å²) in [6, 6.07) is 16.1. The highest BCUT2D eigenvalue weighted by atomic mass is 16.5. The number of phenols is 1. The number of nitrogens with one attached hydrogen (secondary N) is 2. The van der Waals surface area contributed by atoms with E-state index in [2.05, 4.69) is 16.7 Å². The first-order valence-electron chi connectivity index (χ1n) is 10.2. The number of hydrogen-bond acceptors (Lipinski definition) is 5. The van der Waals surface area contributed by atoms with Crippen molar-refractivity contribution in [1.82, 2.24) is 15.5 Å². The van der Waals surface area contributed by atoms with Gasteiger partial charge < -0.3 is 25.4 Å². The minimum atomic E-state index is -0.826. The van der Waals surface area contributed by atoms with Crippen molar-refractivity contribution in [2.75, 3.05) is 26.3 Å². The number of carbonyl (C=O) groups excluding carboxylic acids is 2. The third-order valence-electron chi connectivity index (χ3n) is 5.04. The van der Waals surface area contributed by atoms with E-state index in [0.717, 1.165) is 11.1 Å². The molecule has 31 heavy (non-hydrogen) atoms. The molecule has 162 valence electrons. The van der Waals surface area contributed by atoms with E-state index in [1.807, 2.05) is 30.3 Å². The lowest BCUT2D eigenvalue weighted by Crippen LogP contribution is -2.55. The molecule has 1 aliphatic heterocycles. The van der Waals surface area contributed by atoms with Crippen LogP contribution >= 0.6 is 0 Å². The largest absolute Gasteiger partial charge is 0.508 e. The fourth-order valence-electron chi connectivity index (χ4n) is 3.33. The number of rotatable bonds is 7. The third-order valence-corrected chi connectivity index (χ3v) is 5.04. The second kappa shape index (κ2) is 11.0. The van der Waals surface area contributed by atoms with Crippen LogP contribution in [0.15, 0.2) is 54.6 Å². The normalized spacial score (nSPS) is 15.4. The minimum Gasteiger partial charge on any atom is -0.508 e. The van der Waals surface area contributed by atoms with Gasteiger partial charge in [0, 0.05) is 25.9 Å². The molecule has 8 heteroatoms. The smallest absolute Gasteiger partial charge is 0.318 e. The van der Waals surface area contributed by atoms with E-state index in [-0.39, 0.29) is 18.2 Å². The Bertz CT molecular complexity index is 905. The first kappa shape index (κ1) is 22.1. The van der Waals surface area contributed by atoms with Gasteiger partial charge >= 0.3 is 6.03 Å². The van der Waals surface area contributed by atoms with Crippen LogP contribution in [0.3, 0.4) is 0 Å². The Balaban J connectivity index is 1.68. The Morgan fingerprint density at radius 1 is 1.00 bits per heavy atom. The zero-order valence-corrected chi connectivity index (χ0v) is 17.2. The van der Waals surface area contributed by atoms with Crippen LogP contribution in [-0.2, 0) is 22.4 Å². The van der Waals surface area contributed by atoms with Crippen LogP contribution in [0.5, 0.6) is 5.75 Å². The zero-order chi connectivity index (χ0) is 22.1. The minimum absolute atomic E-state index is 0.134. The van der Waals surface area contributed by atoms with Gasteiger partial charge in [0.15, 0.2) is 0 Å². The molecule has 8 nitrogen and oxygen atoms in total. The number of hydrogen-bond donors (Lipinski definition) is 3. The summed E-state index contributed by atoms with van der Waals surface area (Å²) in [7, 11) is 0. The summed E-state index contributed by atoms with van der Waals surface area (Å²) < 4.78 is 5.28. The molecule has 1 aliphatic rings. The van der Waals surface area contributed by atoms with Gasteiger partial charge in [0.25, 0.3) is 0 Å². The number of benzene rings is 2. The molecule has 0 bridgehead atoms. The fourth-order valence-corrected chi connectivity index (χ4v) is 3.33. The molecule has 3 rings (SSSR count). The summed E-state index contributed by atoms with van der Waals surface area (Å²) in [4.78, 5) is 27.3. The van der Waals surface area contributed by atoms with Crippen LogP contribution in [0.2, 0.25) is 0 Å². The van der Waals surface area contributed by atoms with Gasteiger partial charge in [-0.15, -0.1) is 0 Å². The van der Waals surface area contributed by atoms with Crippen molar-refractivity contribution in [2.45, 2.75) is 24.9 Å². The maximum absolute atomic E-state index is 13.0. The van der Waals surface area contributed by atoms with Crippen molar-refractivity contribution in [3.63, 3.8) is 0 Å². The quantitative estimate of drug-likeness (QED) is 0.627. The first-order valence-corrected chi connectivity index (χ1v) is 10.2. The molecule has 0 aromatic heterocycles. The molecule has 0 unspecified atom stereocenters. The van der Waals surface area contributed by atoms with Crippen molar-refractivity contribution in [3.05, 3.63) is 65.7 Å². The monoisotopic (exact) mass is 422 g/mol. The van der Waals surface area contributed by atoms with E-state index >= 15 is 0 Å². The topological polar surface area (TPSA) is 115 Å². The summed E-state index contributed by atoms with van der Waals surface area (Å²) in [6.07, 6.45) is 0.595. The van der Waals surface area contributed by atoms with Gasteiger partial charge in [0.05, 0.1) is 19.3 Å². The van der Waals surface area contributed by atoms with E-state index < -0.39 is 18.0 Å². The molecule has 1 heterocycles. The molecule has 3 N–H and O–H groups in total. The molecule has 0 aliphatic carbocycles. The van der Waals surface area contributed by atoms with Gasteiger partial charge in [-0.05, 0) is 23.3 Å². The zero-order valence-electron chi connectivity index (χ0n) is 17.2. The maximum atomic E-state index is 13.0. The molecule has 1 saturated heterocycles. The van der Waals surface area contributed by atoms with Crippen LogP contribution in [0.4, 0.5) is 4.79 Å². The van der Waals surface area contributed by atoms with Crippen molar-refractivity contribution < 1.29 is 19.4 Å². The van der Waals surface area contributed by atoms with E-state index in [0.29, 0.717) is 32.7 Å².